The molecule has 9 nitrogen and oxygen atoms in total. The molecule has 0 aliphatic rings. The molecule has 0 saturated heterocycles. The molecule has 11 heteroatoms. The van der Waals surface area contributed by atoms with Crippen molar-refractivity contribution in [3.8, 4) is 0 Å². The monoisotopic (exact) mass is 394 g/mol. The van der Waals surface area contributed by atoms with Crippen LogP contribution in [0.25, 0.3) is 11.0 Å². The van der Waals surface area contributed by atoms with Crippen LogP contribution in [0.2, 0.25) is 0 Å². The second-order valence-electron chi connectivity index (χ2n) is 5.17. The van der Waals surface area contributed by atoms with Crippen molar-refractivity contribution >= 4 is 43.9 Å². The van der Waals surface area contributed by atoms with Gasteiger partial charge in [0.2, 0.25) is 16.0 Å². The number of imidazole rings is 1. The third-order valence-corrected chi connectivity index (χ3v) is 5.70. The van der Waals surface area contributed by atoms with Crippen LogP contribution in [0.1, 0.15) is 0 Å². The van der Waals surface area contributed by atoms with Gasteiger partial charge in [-0.3, -0.25) is 5.32 Å². The van der Waals surface area contributed by atoms with E-state index in [2.05, 4.69) is 20.0 Å². The number of hydrogen-bond donors (Lipinski definition) is 3. The maximum absolute atomic E-state index is 12.8. The van der Waals surface area contributed by atoms with Gasteiger partial charge < -0.3 is 9.72 Å². The number of aromatic nitrogens is 2. The summed E-state index contributed by atoms with van der Waals surface area (Å²) in [5, 5.41) is 7.51. The van der Waals surface area contributed by atoms with Gasteiger partial charge in [-0.2, -0.15) is 0 Å². The van der Waals surface area contributed by atoms with Crippen LogP contribution < -0.4 is 10.5 Å². The standard InChI is InChI=1S/C15H14N4O5S2/c1-24-15(20)19-14-17-12-6-5-10(8-13(12)18-14)25(21)9-3-2-4-11(7-9)26(16,22)23/h2-8H,1H3,(H2,16,22,23)(H2,17,18,19,20). The summed E-state index contributed by atoms with van der Waals surface area (Å²) in [6.45, 7) is 0. The number of H-pyrrole nitrogens is 1. The van der Waals surface area contributed by atoms with Crippen molar-refractivity contribution in [3.63, 3.8) is 0 Å². The third kappa shape index (κ3) is 3.74. The maximum Gasteiger partial charge on any atom is 0.413 e. The Hall–Kier alpha value is -2.76. The van der Waals surface area contributed by atoms with Crippen LogP contribution >= 0.6 is 0 Å². The molecule has 1 unspecified atom stereocenters. The molecule has 0 aliphatic carbocycles. The van der Waals surface area contributed by atoms with E-state index in [-0.39, 0.29) is 10.8 Å². The van der Waals surface area contributed by atoms with Crippen molar-refractivity contribution in [2.24, 2.45) is 5.14 Å². The van der Waals surface area contributed by atoms with E-state index in [1.807, 2.05) is 0 Å². The molecular formula is C15H14N4O5S2. The minimum atomic E-state index is -3.89. The van der Waals surface area contributed by atoms with E-state index >= 15 is 0 Å². The summed E-state index contributed by atoms with van der Waals surface area (Å²) >= 11 is 0. The van der Waals surface area contributed by atoms with Gasteiger partial charge in [-0.05, 0) is 36.4 Å². The number of methoxy groups -OCH3 is 1. The SMILES string of the molecule is COC(=O)Nc1nc2ccc(S(=O)c3cccc(S(N)(=O)=O)c3)cc2[nH]1. The minimum absolute atomic E-state index is 0.115. The third-order valence-electron chi connectivity index (χ3n) is 3.42. The van der Waals surface area contributed by atoms with Gasteiger partial charge in [0.25, 0.3) is 0 Å². The highest BCUT2D eigenvalue weighted by Gasteiger charge is 2.14. The van der Waals surface area contributed by atoms with Crippen LogP contribution in [0, 0.1) is 0 Å². The molecule has 1 heterocycles. The number of carbonyl (C=O) groups is 1. The molecular weight excluding hydrogens is 380 g/mol. The largest absolute Gasteiger partial charge is 0.453 e. The quantitative estimate of drug-likeness (QED) is 0.612. The maximum atomic E-state index is 12.8. The van der Waals surface area contributed by atoms with Crippen LogP contribution in [0.4, 0.5) is 10.7 Å². The van der Waals surface area contributed by atoms with Crippen molar-refractivity contribution in [1.29, 1.82) is 0 Å². The number of nitrogens with one attached hydrogen (secondary N) is 2. The minimum Gasteiger partial charge on any atom is -0.453 e. The number of primary sulfonamides is 1. The number of benzene rings is 2. The molecule has 0 spiro atoms. The summed E-state index contributed by atoms with van der Waals surface area (Å²) < 4.78 is 40.2. The second kappa shape index (κ2) is 6.86. The lowest BCUT2D eigenvalue weighted by Gasteiger charge is -2.04. The average Bonchev–Trinajstić information content (AvgIpc) is 3.01. The molecule has 3 aromatic rings. The Bertz CT molecular complexity index is 1120. The number of anilines is 1. The first kappa shape index (κ1) is 18.0. The summed E-state index contributed by atoms with van der Waals surface area (Å²) in [5.74, 6) is 0.186. The van der Waals surface area contributed by atoms with E-state index in [0.29, 0.717) is 20.8 Å². The molecule has 26 heavy (non-hydrogen) atoms. The van der Waals surface area contributed by atoms with Gasteiger partial charge in [-0.1, -0.05) is 6.07 Å². The van der Waals surface area contributed by atoms with Crippen LogP contribution in [0.3, 0.4) is 0 Å². The Labute approximate surface area is 151 Å². The number of nitrogens with two attached hydrogens (primary N) is 1. The van der Waals surface area contributed by atoms with E-state index in [4.69, 9.17) is 5.14 Å². The number of fused-ring (bicyclic) bond motifs is 1. The second-order valence-corrected chi connectivity index (χ2v) is 8.21. The van der Waals surface area contributed by atoms with Crippen LogP contribution in [-0.4, -0.2) is 35.8 Å². The molecule has 0 saturated carbocycles. The molecule has 4 N–H and O–H groups in total. The first-order valence-electron chi connectivity index (χ1n) is 7.17. The van der Waals surface area contributed by atoms with Gasteiger partial charge in [0.05, 0.1) is 33.8 Å². The van der Waals surface area contributed by atoms with Gasteiger partial charge in [-0.15, -0.1) is 0 Å². The summed E-state index contributed by atoms with van der Waals surface area (Å²) in [4.78, 5) is 18.9. The Morgan fingerprint density at radius 2 is 1.96 bits per heavy atom. The molecule has 136 valence electrons. The number of aromatic amines is 1. The lowest BCUT2D eigenvalue weighted by atomic mass is 10.3. The molecule has 3 rings (SSSR count). The fourth-order valence-corrected chi connectivity index (χ4v) is 3.97. The molecule has 0 aliphatic heterocycles. The number of rotatable bonds is 4. The van der Waals surface area contributed by atoms with Crippen molar-refractivity contribution in [3.05, 3.63) is 42.5 Å². The lowest BCUT2D eigenvalue weighted by molar-refractivity contribution is 0.186. The Balaban J connectivity index is 1.95. The fraction of sp³-hybridized carbons (Fsp3) is 0.0667. The number of amides is 1. The van der Waals surface area contributed by atoms with E-state index in [1.54, 1.807) is 24.3 Å². The summed E-state index contributed by atoms with van der Waals surface area (Å²) in [6.07, 6.45) is -0.673. The molecule has 0 fully saturated rings. The van der Waals surface area contributed by atoms with Crippen LogP contribution in [0.5, 0.6) is 0 Å². The molecule has 1 aromatic heterocycles. The number of carbonyl (C=O) groups excluding carboxylic acids is 1. The van der Waals surface area contributed by atoms with Gasteiger partial charge in [-0.25, -0.2) is 27.5 Å². The summed E-state index contributed by atoms with van der Waals surface area (Å²) in [6, 6.07) is 10.5. The normalized spacial score (nSPS) is 12.7. The van der Waals surface area contributed by atoms with E-state index in [1.165, 1.54) is 25.3 Å². The first-order valence-corrected chi connectivity index (χ1v) is 9.87. The predicted octanol–water partition coefficient (Wildman–Crippen LogP) is 1.56. The lowest BCUT2D eigenvalue weighted by Crippen LogP contribution is -2.12. The predicted molar refractivity (Wildman–Crippen MR) is 94.6 cm³/mol. The van der Waals surface area contributed by atoms with E-state index in [9.17, 15) is 17.4 Å². The zero-order valence-electron chi connectivity index (χ0n) is 13.4. The van der Waals surface area contributed by atoms with Gasteiger partial charge in [0.1, 0.15) is 0 Å². The van der Waals surface area contributed by atoms with Crippen molar-refractivity contribution in [1.82, 2.24) is 9.97 Å². The molecule has 2 aromatic carbocycles. The average molecular weight is 394 g/mol. The summed E-state index contributed by atoms with van der Waals surface area (Å²) in [7, 11) is -4.29. The van der Waals surface area contributed by atoms with Crippen molar-refractivity contribution in [2.45, 2.75) is 14.7 Å². The topological polar surface area (TPSA) is 144 Å². The van der Waals surface area contributed by atoms with E-state index < -0.39 is 26.9 Å². The number of hydrogen-bond acceptors (Lipinski definition) is 6. The van der Waals surface area contributed by atoms with Crippen molar-refractivity contribution < 1.29 is 22.2 Å². The Kier molecular flexibility index (Phi) is 4.76. The molecule has 0 radical (unpaired) electrons. The number of sulfonamides is 1. The van der Waals surface area contributed by atoms with Gasteiger partial charge in [0.15, 0.2) is 0 Å². The Morgan fingerprint density at radius 1 is 1.23 bits per heavy atom. The molecule has 0 bridgehead atoms. The number of nitrogens with zero attached hydrogens (tertiary/aromatic N) is 1. The van der Waals surface area contributed by atoms with Crippen LogP contribution in [0.15, 0.2) is 57.2 Å². The molecule has 1 amide bonds. The van der Waals surface area contributed by atoms with Crippen LogP contribution in [-0.2, 0) is 25.6 Å². The summed E-state index contributed by atoms with van der Waals surface area (Å²) in [5.41, 5.74) is 1.10. The zero-order valence-corrected chi connectivity index (χ0v) is 15.1. The van der Waals surface area contributed by atoms with E-state index in [0.717, 1.165) is 0 Å². The van der Waals surface area contributed by atoms with Gasteiger partial charge in [0, 0.05) is 9.79 Å². The van der Waals surface area contributed by atoms with Crippen molar-refractivity contribution in [2.75, 3.05) is 12.4 Å². The smallest absolute Gasteiger partial charge is 0.413 e. The molecule has 1 atom stereocenters. The first-order chi connectivity index (χ1) is 12.3. The highest BCUT2D eigenvalue weighted by atomic mass is 32.2. The number of ether oxygens (including phenoxy) is 1. The Morgan fingerprint density at radius 3 is 2.65 bits per heavy atom. The van der Waals surface area contributed by atoms with Gasteiger partial charge >= 0.3 is 6.09 Å². The zero-order chi connectivity index (χ0) is 18.9. The highest BCUT2D eigenvalue weighted by molar-refractivity contribution is 7.89. The fourth-order valence-electron chi connectivity index (χ4n) is 2.21. The highest BCUT2D eigenvalue weighted by Crippen LogP contribution is 2.23.